The van der Waals surface area contributed by atoms with Gasteiger partial charge in [-0.1, -0.05) is 11.3 Å². The van der Waals surface area contributed by atoms with E-state index in [1.165, 1.54) is 9.47 Å². The van der Waals surface area contributed by atoms with Crippen molar-refractivity contribution in [2.24, 2.45) is 0 Å². The maximum atomic E-state index is 12.2. The summed E-state index contributed by atoms with van der Waals surface area (Å²) in [6.07, 6.45) is -5.25. The molecule has 0 N–H and O–H groups in total. The lowest BCUT2D eigenvalue weighted by molar-refractivity contribution is -0.145. The molecule has 0 atom stereocenters. The molecule has 0 unspecified atom stereocenters. The van der Waals surface area contributed by atoms with Crippen LogP contribution in [0.4, 0.5) is 13.2 Å². The molecule has 0 saturated carbocycles. The van der Waals surface area contributed by atoms with Gasteiger partial charge in [-0.05, 0) is 20.8 Å². The standard InChI is InChI=1S/C13H19F3N2O2S/c1-4-17(8-6-13(14,15)16)11(19)5-7-18-9(2)10(3)21-12(18)20/h4-8H2,1-3H3. The lowest BCUT2D eigenvalue weighted by Crippen LogP contribution is -2.35. The van der Waals surface area contributed by atoms with Crippen LogP contribution in [0.5, 0.6) is 0 Å². The van der Waals surface area contributed by atoms with Gasteiger partial charge in [0.05, 0.1) is 6.42 Å². The van der Waals surface area contributed by atoms with Gasteiger partial charge < -0.3 is 9.47 Å². The van der Waals surface area contributed by atoms with Crippen LogP contribution in [0.3, 0.4) is 0 Å². The maximum absolute atomic E-state index is 12.2. The van der Waals surface area contributed by atoms with Crippen LogP contribution in [-0.2, 0) is 11.3 Å². The predicted octanol–water partition coefficient (Wildman–Crippen LogP) is 2.72. The Balaban J connectivity index is 2.61. The molecule has 0 fully saturated rings. The molecule has 0 saturated heterocycles. The largest absolute Gasteiger partial charge is 0.390 e. The van der Waals surface area contributed by atoms with Crippen molar-refractivity contribution in [1.29, 1.82) is 0 Å². The third-order valence-electron chi connectivity index (χ3n) is 3.32. The monoisotopic (exact) mass is 324 g/mol. The van der Waals surface area contributed by atoms with Crippen LogP contribution in [0.15, 0.2) is 4.79 Å². The Bertz CT molecular complexity index is 549. The molecular formula is C13H19F3N2O2S. The zero-order valence-electron chi connectivity index (χ0n) is 12.3. The molecule has 21 heavy (non-hydrogen) atoms. The minimum Gasteiger partial charge on any atom is -0.343 e. The third kappa shape index (κ3) is 5.18. The molecule has 0 bridgehead atoms. The van der Waals surface area contributed by atoms with Gasteiger partial charge in [-0.3, -0.25) is 9.59 Å². The van der Waals surface area contributed by atoms with E-state index in [9.17, 15) is 22.8 Å². The minimum atomic E-state index is -4.27. The van der Waals surface area contributed by atoms with Gasteiger partial charge in [-0.2, -0.15) is 13.2 Å². The number of alkyl halides is 3. The lowest BCUT2D eigenvalue weighted by Gasteiger charge is -2.21. The summed E-state index contributed by atoms with van der Waals surface area (Å²) in [5, 5.41) is 0. The molecule has 4 nitrogen and oxygen atoms in total. The van der Waals surface area contributed by atoms with Crippen molar-refractivity contribution >= 4 is 17.2 Å². The van der Waals surface area contributed by atoms with E-state index in [0.717, 1.165) is 21.9 Å². The number of nitrogens with zero attached hydrogens (tertiary/aromatic N) is 2. The Kier molecular flexibility index (Phi) is 6.00. The Hall–Kier alpha value is -1.31. The zero-order valence-corrected chi connectivity index (χ0v) is 13.1. The second-order valence-corrected chi connectivity index (χ2v) is 5.92. The van der Waals surface area contributed by atoms with Gasteiger partial charge in [0.1, 0.15) is 0 Å². The second kappa shape index (κ2) is 7.11. The first-order valence-corrected chi connectivity index (χ1v) is 7.48. The van der Waals surface area contributed by atoms with E-state index >= 15 is 0 Å². The Morgan fingerprint density at radius 1 is 1.33 bits per heavy atom. The number of aryl methyl sites for hydroxylation is 1. The van der Waals surface area contributed by atoms with Gasteiger partial charge in [0.15, 0.2) is 0 Å². The number of hydrogen-bond acceptors (Lipinski definition) is 3. The van der Waals surface area contributed by atoms with Crippen LogP contribution in [0.2, 0.25) is 0 Å². The molecule has 0 aliphatic carbocycles. The Morgan fingerprint density at radius 2 is 1.95 bits per heavy atom. The van der Waals surface area contributed by atoms with E-state index in [2.05, 4.69) is 0 Å². The van der Waals surface area contributed by atoms with Crippen molar-refractivity contribution in [1.82, 2.24) is 9.47 Å². The van der Waals surface area contributed by atoms with Gasteiger partial charge >= 0.3 is 11.0 Å². The highest BCUT2D eigenvalue weighted by atomic mass is 32.1. The molecule has 1 aromatic rings. The Labute approximate surface area is 125 Å². The second-order valence-electron chi connectivity index (χ2n) is 4.75. The molecule has 0 aliphatic heterocycles. The van der Waals surface area contributed by atoms with Crippen molar-refractivity contribution < 1.29 is 18.0 Å². The topological polar surface area (TPSA) is 42.3 Å². The average Bonchev–Trinajstić information content (AvgIpc) is 2.60. The molecule has 1 amide bonds. The summed E-state index contributed by atoms with van der Waals surface area (Å²) in [5.74, 6) is -0.364. The molecule has 0 radical (unpaired) electrons. The lowest BCUT2D eigenvalue weighted by atomic mass is 10.3. The number of hydrogen-bond donors (Lipinski definition) is 0. The highest BCUT2D eigenvalue weighted by Crippen LogP contribution is 2.20. The van der Waals surface area contributed by atoms with Crippen LogP contribution in [-0.4, -0.2) is 34.6 Å². The quantitative estimate of drug-likeness (QED) is 0.807. The maximum Gasteiger partial charge on any atom is 0.390 e. The van der Waals surface area contributed by atoms with Gasteiger partial charge in [-0.15, -0.1) is 0 Å². The molecular weight excluding hydrogens is 305 g/mol. The Morgan fingerprint density at radius 3 is 2.38 bits per heavy atom. The van der Waals surface area contributed by atoms with Crippen molar-refractivity contribution in [2.75, 3.05) is 13.1 Å². The number of rotatable bonds is 6. The van der Waals surface area contributed by atoms with Gasteiger partial charge in [0.25, 0.3) is 0 Å². The molecule has 0 aliphatic rings. The third-order valence-corrected chi connectivity index (χ3v) is 4.32. The summed E-state index contributed by atoms with van der Waals surface area (Å²) in [5.41, 5.74) is 0.802. The number of carbonyl (C=O) groups excluding carboxylic acids is 1. The van der Waals surface area contributed by atoms with E-state index in [1.807, 2.05) is 6.92 Å². The number of carbonyl (C=O) groups is 1. The predicted molar refractivity (Wildman–Crippen MR) is 75.6 cm³/mol. The SMILES string of the molecule is CCN(CCC(F)(F)F)C(=O)CCn1c(C)c(C)sc1=O. The fourth-order valence-electron chi connectivity index (χ4n) is 1.93. The van der Waals surface area contributed by atoms with Crippen LogP contribution < -0.4 is 4.87 Å². The number of halogens is 3. The molecule has 120 valence electrons. The van der Waals surface area contributed by atoms with Gasteiger partial charge in [-0.25, -0.2) is 0 Å². The zero-order chi connectivity index (χ0) is 16.2. The summed E-state index contributed by atoms with van der Waals surface area (Å²) in [6, 6.07) is 0. The van der Waals surface area contributed by atoms with Gasteiger partial charge in [0.2, 0.25) is 5.91 Å². The highest BCUT2D eigenvalue weighted by molar-refractivity contribution is 7.09. The highest BCUT2D eigenvalue weighted by Gasteiger charge is 2.28. The van der Waals surface area contributed by atoms with E-state index in [1.54, 1.807) is 13.8 Å². The number of thiazole rings is 1. The van der Waals surface area contributed by atoms with Crippen molar-refractivity contribution in [3.05, 3.63) is 20.2 Å². The first kappa shape index (κ1) is 17.7. The van der Waals surface area contributed by atoms with Gasteiger partial charge in [0, 0.05) is 36.6 Å². The molecule has 0 spiro atoms. The van der Waals surface area contributed by atoms with Crippen LogP contribution in [0.1, 0.15) is 30.3 Å². The first-order valence-electron chi connectivity index (χ1n) is 6.67. The average molecular weight is 324 g/mol. The molecule has 0 aromatic carbocycles. The van der Waals surface area contributed by atoms with E-state index in [0.29, 0.717) is 0 Å². The fraction of sp³-hybridized carbons (Fsp3) is 0.692. The van der Waals surface area contributed by atoms with E-state index in [4.69, 9.17) is 0 Å². The first-order chi connectivity index (χ1) is 9.65. The van der Waals surface area contributed by atoms with E-state index in [-0.39, 0.29) is 36.8 Å². The van der Waals surface area contributed by atoms with Crippen molar-refractivity contribution in [3.8, 4) is 0 Å². The van der Waals surface area contributed by atoms with Crippen LogP contribution in [0.25, 0.3) is 0 Å². The number of amides is 1. The normalized spacial score (nSPS) is 11.7. The summed E-state index contributed by atoms with van der Waals surface area (Å²) in [6.45, 7) is 5.35. The smallest absolute Gasteiger partial charge is 0.343 e. The van der Waals surface area contributed by atoms with Crippen LogP contribution in [0, 0.1) is 13.8 Å². The minimum absolute atomic E-state index is 0.0304. The molecule has 8 heteroatoms. The summed E-state index contributed by atoms with van der Waals surface area (Å²) < 4.78 is 38.1. The van der Waals surface area contributed by atoms with Crippen LogP contribution >= 0.6 is 11.3 Å². The molecule has 1 aromatic heterocycles. The van der Waals surface area contributed by atoms with E-state index < -0.39 is 12.6 Å². The number of aromatic nitrogens is 1. The summed E-state index contributed by atoms with van der Waals surface area (Å²) in [7, 11) is 0. The molecule has 1 rings (SSSR count). The van der Waals surface area contributed by atoms with Crippen molar-refractivity contribution in [3.63, 3.8) is 0 Å². The van der Waals surface area contributed by atoms with Crippen molar-refractivity contribution in [2.45, 2.75) is 46.3 Å². The summed E-state index contributed by atoms with van der Waals surface area (Å²) in [4.78, 5) is 25.5. The fourth-order valence-corrected chi connectivity index (χ4v) is 2.79. The summed E-state index contributed by atoms with van der Waals surface area (Å²) >= 11 is 1.11. The molecule has 1 heterocycles.